The summed E-state index contributed by atoms with van der Waals surface area (Å²) in [6.07, 6.45) is 6.94. The summed E-state index contributed by atoms with van der Waals surface area (Å²) in [7, 11) is -2.53. The van der Waals surface area contributed by atoms with Crippen LogP contribution in [0.15, 0.2) is 17.3 Å². The molecule has 3 fully saturated rings. The summed E-state index contributed by atoms with van der Waals surface area (Å²) in [5.74, 6) is 2.12. The number of hydrogen-bond acceptors (Lipinski definition) is 8. The van der Waals surface area contributed by atoms with Crippen LogP contribution in [0.4, 0.5) is 20.5 Å². The highest BCUT2D eigenvalue weighted by Crippen LogP contribution is 2.49. The molecule has 0 radical (unpaired) electrons. The van der Waals surface area contributed by atoms with Crippen molar-refractivity contribution in [3.05, 3.63) is 28.9 Å². The second-order valence-corrected chi connectivity index (χ2v) is 11.9. The van der Waals surface area contributed by atoms with Gasteiger partial charge in [-0.15, -0.1) is 0 Å². The predicted octanol–water partition coefficient (Wildman–Crippen LogP) is 3.13. The number of aliphatic hydroxyl groups excluding tert-OH is 1. The van der Waals surface area contributed by atoms with E-state index in [1.54, 1.807) is 12.4 Å². The molecule has 182 valence electrons. The first-order chi connectivity index (χ1) is 16.3. The van der Waals surface area contributed by atoms with Crippen molar-refractivity contribution in [1.82, 2.24) is 19.9 Å². The summed E-state index contributed by atoms with van der Waals surface area (Å²) in [4.78, 5) is 20.0. The lowest BCUT2D eigenvalue weighted by Crippen LogP contribution is -2.49. The quantitative estimate of drug-likeness (QED) is 0.632. The third kappa shape index (κ3) is 3.58. The van der Waals surface area contributed by atoms with E-state index in [1.807, 2.05) is 4.90 Å². The first-order valence-corrected chi connectivity index (χ1v) is 13.1. The van der Waals surface area contributed by atoms with Crippen LogP contribution in [0.1, 0.15) is 49.5 Å². The maximum atomic E-state index is 14.4. The highest BCUT2D eigenvalue weighted by Gasteiger charge is 2.51. The van der Waals surface area contributed by atoms with Gasteiger partial charge in [0.2, 0.25) is 5.95 Å². The molecule has 3 atom stereocenters. The van der Waals surface area contributed by atoms with Crippen LogP contribution in [0.5, 0.6) is 0 Å². The fourth-order valence-corrected chi connectivity index (χ4v) is 7.18. The summed E-state index contributed by atoms with van der Waals surface area (Å²) in [5, 5.41) is 10.2. The van der Waals surface area contributed by atoms with E-state index < -0.39 is 28.0 Å². The third-order valence-corrected chi connectivity index (χ3v) is 9.49. The number of aromatic nitrogens is 4. The van der Waals surface area contributed by atoms with E-state index in [-0.39, 0.29) is 28.9 Å². The second-order valence-electron chi connectivity index (χ2n) is 9.94. The van der Waals surface area contributed by atoms with E-state index in [9.17, 15) is 18.1 Å². The van der Waals surface area contributed by atoms with E-state index in [2.05, 4.69) is 25.3 Å². The van der Waals surface area contributed by atoms with Gasteiger partial charge in [-0.2, -0.15) is 13.8 Å². The van der Waals surface area contributed by atoms with Crippen molar-refractivity contribution in [3.63, 3.8) is 0 Å². The van der Waals surface area contributed by atoms with Crippen LogP contribution >= 0.6 is 11.6 Å². The largest absolute Gasteiger partial charge is 0.394 e. The van der Waals surface area contributed by atoms with Crippen molar-refractivity contribution in [2.45, 2.75) is 60.1 Å². The molecule has 0 aromatic carbocycles. The Morgan fingerprint density at radius 2 is 1.85 bits per heavy atom. The van der Waals surface area contributed by atoms with Crippen molar-refractivity contribution in [3.8, 4) is 0 Å². The Morgan fingerprint density at radius 1 is 1.18 bits per heavy atom. The van der Waals surface area contributed by atoms with Crippen LogP contribution in [0.2, 0.25) is 5.02 Å². The number of aliphatic hydroxyl groups is 1. The van der Waals surface area contributed by atoms with Gasteiger partial charge in [-0.25, -0.2) is 19.2 Å². The van der Waals surface area contributed by atoms with Gasteiger partial charge in [0.1, 0.15) is 27.3 Å². The molecule has 6 rings (SSSR count). The molecule has 4 heterocycles. The van der Waals surface area contributed by atoms with Crippen LogP contribution in [-0.4, -0.2) is 59.7 Å². The SMILES string of the molecule is O=[S@@]1c2c(nc(N3CC4CCC(C3)C4c3ncc(Cl)cn3)nc2NC2(CO)CCC2)CC1(F)F. The minimum Gasteiger partial charge on any atom is -0.394 e. The van der Waals surface area contributed by atoms with Gasteiger partial charge < -0.3 is 15.3 Å². The van der Waals surface area contributed by atoms with Crippen molar-refractivity contribution < 1.29 is 18.1 Å². The molecule has 1 saturated heterocycles. The Hall–Kier alpha value is -1.98. The summed E-state index contributed by atoms with van der Waals surface area (Å²) in [6, 6.07) is 0. The zero-order valence-electron chi connectivity index (χ0n) is 18.4. The normalized spacial score (nSPS) is 30.6. The molecule has 0 amide bonds. The van der Waals surface area contributed by atoms with Gasteiger partial charge in [0.15, 0.2) is 0 Å². The number of nitrogens with zero attached hydrogens (tertiary/aromatic N) is 5. The van der Waals surface area contributed by atoms with Crippen LogP contribution in [0.25, 0.3) is 0 Å². The lowest BCUT2D eigenvalue weighted by atomic mass is 9.77. The molecule has 0 spiro atoms. The average molecular weight is 511 g/mol. The molecular formula is C22H25ClF2N6O2S. The number of alkyl halides is 2. The second kappa shape index (κ2) is 8.03. The zero-order valence-corrected chi connectivity index (χ0v) is 20.0. The van der Waals surface area contributed by atoms with Crippen LogP contribution in [0.3, 0.4) is 0 Å². The highest BCUT2D eigenvalue weighted by molar-refractivity contribution is 7.86. The number of piperidine rings is 1. The number of halogens is 3. The molecule has 2 N–H and O–H groups in total. The molecule has 2 saturated carbocycles. The fourth-order valence-electron chi connectivity index (χ4n) is 5.91. The van der Waals surface area contributed by atoms with Gasteiger partial charge in [0.05, 0.1) is 29.3 Å². The Bertz CT molecular complexity index is 1130. The van der Waals surface area contributed by atoms with Gasteiger partial charge in [-0.3, -0.25) is 0 Å². The third-order valence-electron chi connectivity index (χ3n) is 7.81. The summed E-state index contributed by atoms with van der Waals surface area (Å²) in [5.41, 5.74) is -0.488. The maximum Gasteiger partial charge on any atom is 0.331 e. The monoisotopic (exact) mass is 510 g/mol. The maximum absolute atomic E-state index is 14.4. The van der Waals surface area contributed by atoms with Gasteiger partial charge in [0.25, 0.3) is 0 Å². The van der Waals surface area contributed by atoms with Crippen LogP contribution in [-0.2, 0) is 17.2 Å². The molecule has 12 heteroatoms. The van der Waals surface area contributed by atoms with E-state index in [0.29, 0.717) is 48.7 Å². The first-order valence-electron chi connectivity index (χ1n) is 11.6. The zero-order chi connectivity index (χ0) is 23.7. The summed E-state index contributed by atoms with van der Waals surface area (Å²) in [6.45, 7) is 1.19. The summed E-state index contributed by atoms with van der Waals surface area (Å²) >= 11 is 5.96. The van der Waals surface area contributed by atoms with E-state index in [1.165, 1.54) is 0 Å². The molecule has 2 bridgehead atoms. The average Bonchev–Trinajstić information content (AvgIpc) is 3.18. The number of nitrogens with one attached hydrogen (secondary N) is 1. The Morgan fingerprint density at radius 3 is 2.44 bits per heavy atom. The van der Waals surface area contributed by atoms with Gasteiger partial charge >= 0.3 is 5.25 Å². The van der Waals surface area contributed by atoms with Crippen molar-refractivity contribution in [1.29, 1.82) is 0 Å². The van der Waals surface area contributed by atoms with E-state index >= 15 is 0 Å². The van der Waals surface area contributed by atoms with Crippen LogP contribution < -0.4 is 10.2 Å². The standard InChI is InChI=1S/C22H25ClF2N6O2S/c23-14-7-26-18(27-8-14)16-12-2-3-13(16)10-31(9-12)20-28-15-6-22(24,25)34(33)17(15)19(29-20)30-21(11-32)4-1-5-21/h7-8,12-13,16,32H,1-6,9-11H2,(H,28,29,30)/t12?,13?,16?,34-/m1/s1. The van der Waals surface area contributed by atoms with Gasteiger partial charge in [-0.05, 0) is 43.9 Å². The molecule has 2 aromatic rings. The Labute approximate surface area is 203 Å². The minimum absolute atomic E-state index is 0.0269. The smallest absolute Gasteiger partial charge is 0.331 e. The molecule has 2 aromatic heterocycles. The molecule has 4 aliphatic rings. The van der Waals surface area contributed by atoms with Crippen molar-refractivity contribution in [2.75, 3.05) is 29.9 Å². The lowest BCUT2D eigenvalue weighted by molar-refractivity contribution is 0.104. The molecule has 8 nitrogen and oxygen atoms in total. The topological polar surface area (TPSA) is 104 Å². The van der Waals surface area contributed by atoms with E-state index in [4.69, 9.17) is 11.6 Å². The minimum atomic E-state index is -3.38. The van der Waals surface area contributed by atoms with Gasteiger partial charge in [-0.1, -0.05) is 11.6 Å². The summed E-state index contributed by atoms with van der Waals surface area (Å²) < 4.78 is 41.4. The number of fused-ring (bicyclic) bond motifs is 3. The predicted molar refractivity (Wildman–Crippen MR) is 123 cm³/mol. The van der Waals surface area contributed by atoms with Crippen molar-refractivity contribution in [2.24, 2.45) is 11.8 Å². The first kappa shape index (κ1) is 22.5. The van der Waals surface area contributed by atoms with E-state index in [0.717, 1.165) is 25.1 Å². The molecule has 2 unspecified atom stereocenters. The number of hydrogen-bond donors (Lipinski definition) is 2. The lowest BCUT2D eigenvalue weighted by Gasteiger charge is -2.42. The Kier molecular flexibility index (Phi) is 5.31. The number of rotatable bonds is 5. The van der Waals surface area contributed by atoms with Gasteiger partial charge in [0, 0.05) is 31.4 Å². The molecular weight excluding hydrogens is 486 g/mol. The Balaban J connectivity index is 1.32. The molecule has 2 aliphatic heterocycles. The fraction of sp³-hybridized carbons (Fsp3) is 0.636. The molecule has 34 heavy (non-hydrogen) atoms. The highest BCUT2D eigenvalue weighted by atomic mass is 35.5. The van der Waals surface area contributed by atoms with Crippen molar-refractivity contribution >= 4 is 34.2 Å². The van der Waals surface area contributed by atoms with Crippen LogP contribution in [0, 0.1) is 11.8 Å². The molecule has 2 aliphatic carbocycles. The number of anilines is 2.